The van der Waals surface area contributed by atoms with Gasteiger partial charge in [-0.25, -0.2) is 9.97 Å². The van der Waals surface area contributed by atoms with Crippen LogP contribution in [0.1, 0.15) is 45.4 Å². The molecular weight excluding hydrogens is 439 g/mol. The first-order valence-electron chi connectivity index (χ1n) is 10.1. The number of aryl methyl sites for hydroxylation is 2. The van der Waals surface area contributed by atoms with Crippen LogP contribution in [0.4, 0.5) is 5.82 Å². The van der Waals surface area contributed by atoms with Gasteiger partial charge in [-0.1, -0.05) is 11.6 Å². The second-order valence-corrected chi connectivity index (χ2v) is 9.57. The van der Waals surface area contributed by atoms with Crippen molar-refractivity contribution in [3.05, 3.63) is 51.1 Å². The Hall–Kier alpha value is -1.89. The molecule has 5 rings (SSSR count). The molecule has 0 unspecified atom stereocenters. The van der Waals surface area contributed by atoms with Crippen molar-refractivity contribution in [2.75, 3.05) is 31.1 Å². The maximum Gasteiger partial charge on any atom is 0.253 e. The van der Waals surface area contributed by atoms with Crippen LogP contribution in [-0.2, 0) is 0 Å². The molecular formula is C22H24Cl2N4OS. The molecule has 8 heteroatoms. The molecule has 3 heterocycles. The molecule has 5 nitrogen and oxygen atoms in total. The summed E-state index contributed by atoms with van der Waals surface area (Å²) >= 11 is 7.71. The predicted octanol–water partition coefficient (Wildman–Crippen LogP) is 5.22. The molecule has 1 aliphatic heterocycles. The molecule has 0 N–H and O–H groups in total. The number of anilines is 1. The number of aromatic nitrogens is 2. The Morgan fingerprint density at radius 1 is 1.07 bits per heavy atom. The highest BCUT2D eigenvalue weighted by molar-refractivity contribution is 7.18. The van der Waals surface area contributed by atoms with Gasteiger partial charge in [-0.2, -0.15) is 0 Å². The largest absolute Gasteiger partial charge is 0.352 e. The van der Waals surface area contributed by atoms with Crippen molar-refractivity contribution in [3.63, 3.8) is 0 Å². The zero-order valence-corrected chi connectivity index (χ0v) is 19.4. The molecule has 3 aromatic rings. The number of hydrogen-bond acceptors (Lipinski definition) is 5. The number of fused-ring (bicyclic) bond motifs is 1. The second-order valence-electron chi connectivity index (χ2n) is 7.93. The van der Waals surface area contributed by atoms with E-state index in [2.05, 4.69) is 18.7 Å². The number of piperazine rings is 1. The normalized spacial score (nSPS) is 16.6. The average Bonchev–Trinajstić information content (AvgIpc) is 3.54. The third-order valence-corrected chi connectivity index (χ3v) is 7.28. The van der Waals surface area contributed by atoms with E-state index >= 15 is 0 Å². The van der Waals surface area contributed by atoms with Crippen molar-refractivity contribution in [1.82, 2.24) is 14.9 Å². The minimum absolute atomic E-state index is 0. The molecule has 1 saturated heterocycles. The monoisotopic (exact) mass is 462 g/mol. The van der Waals surface area contributed by atoms with Crippen LogP contribution in [0.15, 0.2) is 24.3 Å². The van der Waals surface area contributed by atoms with Crippen molar-refractivity contribution >= 4 is 57.3 Å². The molecule has 1 saturated carbocycles. The highest BCUT2D eigenvalue weighted by Crippen LogP contribution is 2.42. The van der Waals surface area contributed by atoms with Gasteiger partial charge in [0.25, 0.3) is 5.91 Å². The second kappa shape index (κ2) is 8.33. The van der Waals surface area contributed by atoms with Crippen LogP contribution >= 0.6 is 35.3 Å². The maximum atomic E-state index is 12.8. The summed E-state index contributed by atoms with van der Waals surface area (Å²) in [4.78, 5) is 29.4. The number of benzene rings is 1. The Labute approximate surface area is 191 Å². The molecule has 1 amide bonds. The number of rotatable bonds is 3. The van der Waals surface area contributed by atoms with Crippen molar-refractivity contribution in [3.8, 4) is 0 Å². The predicted molar refractivity (Wildman–Crippen MR) is 126 cm³/mol. The fourth-order valence-electron chi connectivity index (χ4n) is 3.89. The third-order valence-electron chi connectivity index (χ3n) is 5.93. The van der Waals surface area contributed by atoms with Crippen LogP contribution in [0.2, 0.25) is 5.02 Å². The number of thiophene rings is 1. The average molecular weight is 463 g/mol. The number of halogens is 2. The quantitative estimate of drug-likeness (QED) is 0.534. The molecule has 30 heavy (non-hydrogen) atoms. The first kappa shape index (κ1) is 21.3. The van der Waals surface area contributed by atoms with Gasteiger partial charge >= 0.3 is 0 Å². The number of carbonyl (C=O) groups is 1. The molecule has 2 fully saturated rings. The third kappa shape index (κ3) is 3.88. The summed E-state index contributed by atoms with van der Waals surface area (Å²) in [5.74, 6) is 2.63. The first-order valence-corrected chi connectivity index (χ1v) is 11.3. The maximum absolute atomic E-state index is 12.8. The van der Waals surface area contributed by atoms with Crippen molar-refractivity contribution in [2.45, 2.75) is 32.6 Å². The Bertz CT molecular complexity index is 1090. The van der Waals surface area contributed by atoms with E-state index in [0.717, 1.165) is 29.6 Å². The van der Waals surface area contributed by atoms with E-state index in [0.29, 0.717) is 29.6 Å². The smallest absolute Gasteiger partial charge is 0.253 e. The van der Waals surface area contributed by atoms with E-state index in [9.17, 15) is 4.79 Å². The van der Waals surface area contributed by atoms with Gasteiger partial charge in [-0.3, -0.25) is 4.79 Å². The highest BCUT2D eigenvalue weighted by atomic mass is 35.5. The van der Waals surface area contributed by atoms with Crippen molar-refractivity contribution < 1.29 is 4.79 Å². The number of nitrogens with zero attached hydrogens (tertiary/aromatic N) is 4. The van der Waals surface area contributed by atoms with Gasteiger partial charge in [-0.15, -0.1) is 23.7 Å². The molecule has 0 bridgehead atoms. The lowest BCUT2D eigenvalue weighted by molar-refractivity contribution is 0.0746. The van der Waals surface area contributed by atoms with Gasteiger partial charge in [-0.05, 0) is 56.5 Å². The van der Waals surface area contributed by atoms with Gasteiger partial charge in [0.2, 0.25) is 0 Å². The van der Waals surface area contributed by atoms with E-state index in [-0.39, 0.29) is 18.3 Å². The lowest BCUT2D eigenvalue weighted by Gasteiger charge is -2.36. The van der Waals surface area contributed by atoms with Crippen LogP contribution in [-0.4, -0.2) is 47.0 Å². The van der Waals surface area contributed by atoms with Gasteiger partial charge in [0, 0.05) is 47.6 Å². The topological polar surface area (TPSA) is 49.3 Å². The minimum Gasteiger partial charge on any atom is -0.352 e. The zero-order valence-electron chi connectivity index (χ0n) is 17.0. The van der Waals surface area contributed by atoms with Crippen molar-refractivity contribution in [2.24, 2.45) is 0 Å². The molecule has 2 aliphatic rings. The lowest BCUT2D eigenvalue weighted by atomic mass is 10.1. The number of amides is 1. The summed E-state index contributed by atoms with van der Waals surface area (Å²) in [6.45, 7) is 7.26. The Morgan fingerprint density at radius 3 is 2.37 bits per heavy atom. The summed E-state index contributed by atoms with van der Waals surface area (Å²) in [6.07, 6.45) is 2.38. The number of carbonyl (C=O) groups excluding carboxylic acids is 1. The van der Waals surface area contributed by atoms with Crippen LogP contribution in [0.25, 0.3) is 10.2 Å². The molecule has 158 valence electrons. The summed E-state index contributed by atoms with van der Waals surface area (Å²) in [5, 5.41) is 1.83. The van der Waals surface area contributed by atoms with Crippen LogP contribution < -0.4 is 4.90 Å². The van der Waals surface area contributed by atoms with Crippen molar-refractivity contribution in [1.29, 1.82) is 0 Å². The summed E-state index contributed by atoms with van der Waals surface area (Å²) in [7, 11) is 0. The fraction of sp³-hybridized carbons (Fsp3) is 0.409. The molecule has 0 atom stereocenters. The SMILES string of the molecule is Cc1sc2nc(C3CC3)nc(N3CCN(C(=O)c4ccc(Cl)cc4)CC3)c2c1C.Cl. The molecule has 1 aliphatic carbocycles. The number of hydrogen-bond donors (Lipinski definition) is 0. The fourth-order valence-corrected chi connectivity index (χ4v) is 5.05. The van der Waals surface area contributed by atoms with Gasteiger partial charge in [0.15, 0.2) is 0 Å². The lowest BCUT2D eigenvalue weighted by Crippen LogP contribution is -2.49. The van der Waals surface area contributed by atoms with E-state index in [1.54, 1.807) is 35.6 Å². The van der Waals surface area contributed by atoms with Gasteiger partial charge in [0.1, 0.15) is 16.5 Å². The van der Waals surface area contributed by atoms with Gasteiger partial charge in [0.05, 0.1) is 5.39 Å². The highest BCUT2D eigenvalue weighted by Gasteiger charge is 2.31. The van der Waals surface area contributed by atoms with E-state index in [4.69, 9.17) is 21.6 Å². The van der Waals surface area contributed by atoms with Crippen LogP contribution in [0.5, 0.6) is 0 Å². The van der Waals surface area contributed by atoms with Gasteiger partial charge < -0.3 is 9.80 Å². The Balaban J connectivity index is 0.00000218. The Kier molecular flexibility index (Phi) is 5.93. The zero-order chi connectivity index (χ0) is 20.1. The molecule has 0 spiro atoms. The standard InChI is InChI=1S/C22H23ClN4OS.ClH/c1-13-14(2)29-21-18(13)20(24-19(25-21)15-3-4-15)26-9-11-27(12-10-26)22(28)16-5-7-17(23)8-6-16;/h5-8,15H,3-4,9-12H2,1-2H3;1H. The van der Waals surface area contributed by atoms with Crippen LogP contribution in [0, 0.1) is 13.8 Å². The molecule has 0 radical (unpaired) electrons. The van der Waals surface area contributed by atoms with E-state index in [1.165, 1.54) is 28.7 Å². The first-order chi connectivity index (χ1) is 14.0. The molecule has 1 aromatic carbocycles. The van der Waals surface area contributed by atoms with Crippen LogP contribution in [0.3, 0.4) is 0 Å². The van der Waals surface area contributed by atoms with E-state index < -0.39 is 0 Å². The summed E-state index contributed by atoms with van der Waals surface area (Å²) < 4.78 is 0. The van der Waals surface area contributed by atoms with E-state index in [1.807, 2.05) is 4.90 Å². The summed E-state index contributed by atoms with van der Waals surface area (Å²) in [6, 6.07) is 7.13. The Morgan fingerprint density at radius 2 is 1.73 bits per heavy atom. The molecule has 2 aromatic heterocycles. The summed E-state index contributed by atoms with van der Waals surface area (Å²) in [5.41, 5.74) is 1.97. The minimum atomic E-state index is 0.